The highest BCUT2D eigenvalue weighted by Crippen LogP contribution is 2.43. The third kappa shape index (κ3) is 5.89. The number of aliphatic carboxylic acids is 1. The van der Waals surface area contributed by atoms with Gasteiger partial charge in [0, 0.05) is 5.02 Å². The number of halogens is 1. The van der Waals surface area contributed by atoms with Crippen LogP contribution < -0.4 is 14.2 Å². The first-order valence-corrected chi connectivity index (χ1v) is 12.0. The molecular formula is C28H30ClNO5. The molecule has 3 aromatic carbocycles. The van der Waals surface area contributed by atoms with Crippen LogP contribution in [0.4, 0.5) is 0 Å². The number of likely N-dealkylation sites (tertiary alicyclic amines) is 1. The van der Waals surface area contributed by atoms with Crippen LogP contribution in [0.3, 0.4) is 0 Å². The van der Waals surface area contributed by atoms with Crippen LogP contribution in [-0.4, -0.2) is 43.3 Å². The van der Waals surface area contributed by atoms with Gasteiger partial charge in [-0.1, -0.05) is 54.1 Å². The van der Waals surface area contributed by atoms with Gasteiger partial charge in [-0.3, -0.25) is 9.69 Å². The van der Waals surface area contributed by atoms with E-state index >= 15 is 0 Å². The van der Waals surface area contributed by atoms with Crippen molar-refractivity contribution >= 4 is 17.6 Å². The Morgan fingerprint density at radius 2 is 1.63 bits per heavy atom. The lowest BCUT2D eigenvalue weighted by Gasteiger charge is -2.37. The summed E-state index contributed by atoms with van der Waals surface area (Å²) < 4.78 is 17.6. The summed E-state index contributed by atoms with van der Waals surface area (Å²) in [6, 6.07) is 21.5. The number of rotatable bonds is 9. The number of ether oxygens (including phenoxy) is 3. The number of carboxylic acid groups (broad SMARTS) is 1. The molecule has 0 spiro atoms. The first-order valence-electron chi connectivity index (χ1n) is 11.6. The summed E-state index contributed by atoms with van der Waals surface area (Å²) in [5, 5.41) is 10.1. The van der Waals surface area contributed by atoms with Crippen molar-refractivity contribution in [1.82, 2.24) is 4.90 Å². The Morgan fingerprint density at radius 1 is 0.971 bits per heavy atom. The average Bonchev–Trinajstić information content (AvgIpc) is 2.88. The maximum Gasteiger partial charge on any atom is 0.306 e. The predicted molar refractivity (Wildman–Crippen MR) is 136 cm³/mol. The largest absolute Gasteiger partial charge is 0.493 e. The molecule has 0 aromatic heterocycles. The summed E-state index contributed by atoms with van der Waals surface area (Å²) in [5.41, 5.74) is 3.02. The number of benzene rings is 3. The van der Waals surface area contributed by atoms with Crippen LogP contribution >= 0.6 is 11.6 Å². The average molecular weight is 496 g/mol. The molecule has 0 aliphatic carbocycles. The Balaban J connectivity index is 1.70. The molecule has 1 atom stereocenters. The summed E-state index contributed by atoms with van der Waals surface area (Å²) in [5.74, 6) is 0.638. The standard InChI is InChI=1S/C28H30ClNO5/c1-33-24-16-22(17-25(34-2)27(24)35-18-19-7-4-3-5-8-19)26(21-9-6-10-23(29)15-21)30-13-11-20(12-14-30)28(31)32/h3-10,15-17,20,26H,11-14,18H2,1-2H3,(H,31,32). The highest BCUT2D eigenvalue weighted by atomic mass is 35.5. The van der Waals surface area contributed by atoms with Crippen LogP contribution in [0.15, 0.2) is 66.7 Å². The molecule has 0 amide bonds. The van der Waals surface area contributed by atoms with Gasteiger partial charge in [0.15, 0.2) is 11.5 Å². The minimum Gasteiger partial charge on any atom is -0.493 e. The smallest absolute Gasteiger partial charge is 0.306 e. The van der Waals surface area contributed by atoms with E-state index in [0.717, 1.165) is 16.7 Å². The van der Waals surface area contributed by atoms with Crippen molar-refractivity contribution in [2.24, 2.45) is 5.92 Å². The van der Waals surface area contributed by atoms with Gasteiger partial charge < -0.3 is 19.3 Å². The fourth-order valence-corrected chi connectivity index (χ4v) is 4.82. The van der Waals surface area contributed by atoms with Gasteiger partial charge in [-0.2, -0.15) is 0 Å². The number of nitrogens with zero attached hydrogens (tertiary/aromatic N) is 1. The van der Waals surface area contributed by atoms with Crippen LogP contribution in [-0.2, 0) is 11.4 Å². The van der Waals surface area contributed by atoms with E-state index < -0.39 is 5.97 Å². The monoisotopic (exact) mass is 495 g/mol. The van der Waals surface area contributed by atoms with Crippen LogP contribution in [0.5, 0.6) is 17.2 Å². The first-order chi connectivity index (χ1) is 17.0. The number of hydrogen-bond donors (Lipinski definition) is 1. The van der Waals surface area contributed by atoms with E-state index in [0.29, 0.717) is 54.8 Å². The minimum absolute atomic E-state index is 0.144. The van der Waals surface area contributed by atoms with Gasteiger partial charge in [0.1, 0.15) is 6.61 Å². The van der Waals surface area contributed by atoms with Gasteiger partial charge in [-0.25, -0.2) is 0 Å². The number of piperidine rings is 1. The number of carboxylic acids is 1. The zero-order valence-electron chi connectivity index (χ0n) is 19.9. The Kier molecular flexibility index (Phi) is 8.16. The molecule has 1 unspecified atom stereocenters. The molecule has 4 rings (SSSR count). The van der Waals surface area contributed by atoms with Crippen LogP contribution in [0.1, 0.15) is 35.6 Å². The second kappa shape index (κ2) is 11.5. The molecule has 3 aromatic rings. The molecule has 7 heteroatoms. The van der Waals surface area contributed by atoms with Crippen molar-refractivity contribution in [1.29, 1.82) is 0 Å². The lowest BCUT2D eigenvalue weighted by Crippen LogP contribution is -2.39. The second-order valence-electron chi connectivity index (χ2n) is 8.63. The predicted octanol–water partition coefficient (Wildman–Crippen LogP) is 5.82. The summed E-state index contributed by atoms with van der Waals surface area (Å²) >= 11 is 6.36. The fraction of sp³-hybridized carbons (Fsp3) is 0.321. The van der Waals surface area contributed by atoms with E-state index in [-0.39, 0.29) is 12.0 Å². The lowest BCUT2D eigenvalue weighted by atomic mass is 9.91. The summed E-state index contributed by atoms with van der Waals surface area (Å²) in [7, 11) is 3.22. The maximum absolute atomic E-state index is 11.5. The van der Waals surface area contributed by atoms with Gasteiger partial charge in [0.25, 0.3) is 0 Å². The van der Waals surface area contributed by atoms with Crippen molar-refractivity contribution in [3.8, 4) is 17.2 Å². The van der Waals surface area contributed by atoms with Crippen molar-refractivity contribution in [3.63, 3.8) is 0 Å². The summed E-state index contributed by atoms with van der Waals surface area (Å²) in [4.78, 5) is 13.8. The number of hydrogen-bond acceptors (Lipinski definition) is 5. The SMILES string of the molecule is COc1cc(C(c2cccc(Cl)c2)N2CCC(C(=O)O)CC2)cc(OC)c1OCc1ccccc1. The molecule has 1 heterocycles. The third-order valence-electron chi connectivity index (χ3n) is 6.43. The molecule has 184 valence electrons. The topological polar surface area (TPSA) is 68.2 Å². The van der Waals surface area contributed by atoms with E-state index in [1.54, 1.807) is 14.2 Å². The van der Waals surface area contributed by atoms with Crippen LogP contribution in [0, 0.1) is 5.92 Å². The van der Waals surface area contributed by atoms with Crippen molar-refractivity contribution in [2.75, 3.05) is 27.3 Å². The Labute approximate surface area is 211 Å². The molecular weight excluding hydrogens is 466 g/mol. The molecule has 6 nitrogen and oxygen atoms in total. The molecule has 35 heavy (non-hydrogen) atoms. The van der Waals surface area contributed by atoms with E-state index in [9.17, 15) is 9.90 Å². The molecule has 0 saturated carbocycles. The van der Waals surface area contributed by atoms with Gasteiger partial charge in [0.05, 0.1) is 26.2 Å². The van der Waals surface area contributed by atoms with Crippen molar-refractivity contribution < 1.29 is 24.1 Å². The van der Waals surface area contributed by atoms with Crippen LogP contribution in [0.25, 0.3) is 0 Å². The third-order valence-corrected chi connectivity index (χ3v) is 6.67. The van der Waals surface area contributed by atoms with E-state index in [4.69, 9.17) is 25.8 Å². The zero-order valence-corrected chi connectivity index (χ0v) is 20.7. The summed E-state index contributed by atoms with van der Waals surface area (Å²) in [6.07, 6.45) is 1.19. The molecule has 0 radical (unpaired) electrons. The molecule has 1 saturated heterocycles. The normalized spacial score (nSPS) is 15.4. The zero-order chi connectivity index (χ0) is 24.8. The lowest BCUT2D eigenvalue weighted by molar-refractivity contribution is -0.143. The quantitative estimate of drug-likeness (QED) is 0.403. The van der Waals surface area contributed by atoms with Gasteiger partial charge >= 0.3 is 5.97 Å². The van der Waals surface area contributed by atoms with Gasteiger partial charge in [-0.15, -0.1) is 0 Å². The maximum atomic E-state index is 11.5. The highest BCUT2D eigenvalue weighted by Gasteiger charge is 2.31. The van der Waals surface area contributed by atoms with Gasteiger partial charge in [-0.05, 0) is 66.9 Å². The van der Waals surface area contributed by atoms with E-state index in [1.165, 1.54) is 0 Å². The Morgan fingerprint density at radius 3 is 2.20 bits per heavy atom. The first kappa shape index (κ1) is 24.9. The summed E-state index contributed by atoms with van der Waals surface area (Å²) in [6.45, 7) is 1.70. The minimum atomic E-state index is -0.729. The molecule has 1 fully saturated rings. The Hall–Kier alpha value is -3.22. The fourth-order valence-electron chi connectivity index (χ4n) is 4.63. The number of methoxy groups -OCH3 is 2. The Bertz CT molecular complexity index is 1120. The molecule has 1 N–H and O–H groups in total. The molecule has 1 aliphatic heterocycles. The van der Waals surface area contributed by atoms with E-state index in [2.05, 4.69) is 4.90 Å². The van der Waals surface area contributed by atoms with Crippen LogP contribution in [0.2, 0.25) is 5.02 Å². The second-order valence-corrected chi connectivity index (χ2v) is 9.07. The van der Waals surface area contributed by atoms with Gasteiger partial charge in [0.2, 0.25) is 5.75 Å². The molecule has 0 bridgehead atoms. The number of carbonyl (C=O) groups is 1. The van der Waals surface area contributed by atoms with E-state index in [1.807, 2.05) is 66.7 Å². The molecule has 1 aliphatic rings. The highest BCUT2D eigenvalue weighted by molar-refractivity contribution is 6.30. The van der Waals surface area contributed by atoms with Crippen molar-refractivity contribution in [2.45, 2.75) is 25.5 Å². The van der Waals surface area contributed by atoms with Crippen molar-refractivity contribution in [3.05, 3.63) is 88.4 Å².